The second-order valence-corrected chi connectivity index (χ2v) is 6.47. The minimum Gasteiger partial charge on any atom is -0.245 e. The molecule has 128 valence electrons. The third-order valence-electron chi connectivity index (χ3n) is 4.17. The van der Waals surface area contributed by atoms with E-state index < -0.39 is 0 Å². The Morgan fingerprint density at radius 3 is 2.12 bits per heavy atom. The second kappa shape index (κ2) is 6.65. The van der Waals surface area contributed by atoms with Crippen LogP contribution in [0.4, 0.5) is 0 Å². The van der Waals surface area contributed by atoms with Gasteiger partial charge in [0.15, 0.2) is 5.82 Å². The van der Waals surface area contributed by atoms with Crippen molar-refractivity contribution in [1.82, 2.24) is 14.3 Å². The smallest absolute Gasteiger partial charge is 0.245 e. The number of rotatable bonds is 3. The molecule has 5 heteroatoms. The summed E-state index contributed by atoms with van der Waals surface area (Å²) in [4.78, 5) is 13.1. The summed E-state index contributed by atoms with van der Waals surface area (Å²) >= 11 is 6.01. The summed E-state index contributed by atoms with van der Waals surface area (Å²) in [6.07, 6.45) is 0. The lowest BCUT2D eigenvalue weighted by molar-refractivity contribution is 0.830. The minimum atomic E-state index is -0.228. The zero-order valence-electron chi connectivity index (χ0n) is 14.1. The highest BCUT2D eigenvalue weighted by atomic mass is 35.5. The maximum Gasteiger partial charge on any atom is 0.355 e. The molecule has 0 unspecified atom stereocenters. The largest absolute Gasteiger partial charge is 0.355 e. The van der Waals surface area contributed by atoms with E-state index in [-0.39, 0.29) is 5.69 Å². The minimum absolute atomic E-state index is 0.228. The van der Waals surface area contributed by atoms with E-state index in [9.17, 15) is 4.79 Å². The average Bonchev–Trinajstić information content (AvgIpc) is 3.01. The van der Waals surface area contributed by atoms with Crippen LogP contribution >= 0.6 is 11.6 Å². The number of nitrogens with zero attached hydrogens (tertiary/aromatic N) is 3. The van der Waals surface area contributed by atoms with Gasteiger partial charge in [0, 0.05) is 10.6 Å². The molecule has 3 aromatic carbocycles. The van der Waals surface area contributed by atoms with Crippen molar-refractivity contribution in [2.75, 3.05) is 0 Å². The molecule has 4 aromatic rings. The molecule has 0 aliphatic heterocycles. The lowest BCUT2D eigenvalue weighted by atomic mass is 10.1. The lowest BCUT2D eigenvalue weighted by Gasteiger charge is -2.06. The molecule has 0 radical (unpaired) electrons. The van der Waals surface area contributed by atoms with Crippen molar-refractivity contribution >= 4 is 11.6 Å². The molecular formula is C21H16ClN3O. The summed E-state index contributed by atoms with van der Waals surface area (Å²) in [7, 11) is 0. The van der Waals surface area contributed by atoms with Gasteiger partial charge in [-0.15, -0.1) is 5.10 Å². The normalized spacial score (nSPS) is 10.8. The molecule has 0 atom stereocenters. The first kappa shape index (κ1) is 16.4. The van der Waals surface area contributed by atoms with Crippen molar-refractivity contribution in [1.29, 1.82) is 0 Å². The summed E-state index contributed by atoms with van der Waals surface area (Å²) in [6, 6.07) is 24.5. The van der Waals surface area contributed by atoms with Gasteiger partial charge < -0.3 is 0 Å². The Labute approximate surface area is 155 Å². The zero-order valence-corrected chi connectivity index (χ0v) is 14.9. The number of hydrogen-bond donors (Lipinski definition) is 0. The van der Waals surface area contributed by atoms with Crippen LogP contribution in [-0.2, 0) is 0 Å². The molecule has 0 N–H and O–H groups in total. The standard InChI is InChI=1S/C21H16ClN3O/c1-15-7-9-16(10-8-15)20-23-25(19-5-3-2-4-6-19)21(26)24(20)18-13-11-17(22)12-14-18/h2-14H,1H3. The van der Waals surface area contributed by atoms with Crippen LogP contribution in [-0.4, -0.2) is 14.3 Å². The Bertz CT molecular complexity index is 1090. The Morgan fingerprint density at radius 1 is 0.808 bits per heavy atom. The Balaban J connectivity index is 1.98. The van der Waals surface area contributed by atoms with E-state index in [2.05, 4.69) is 5.10 Å². The maximum atomic E-state index is 13.1. The molecule has 1 aromatic heterocycles. The molecule has 0 aliphatic rings. The van der Waals surface area contributed by atoms with Gasteiger partial charge in [0.25, 0.3) is 0 Å². The van der Waals surface area contributed by atoms with Gasteiger partial charge in [0.2, 0.25) is 0 Å². The number of aryl methyl sites for hydroxylation is 1. The van der Waals surface area contributed by atoms with Crippen LogP contribution in [0.5, 0.6) is 0 Å². The van der Waals surface area contributed by atoms with Gasteiger partial charge >= 0.3 is 5.69 Å². The van der Waals surface area contributed by atoms with Gasteiger partial charge in [-0.1, -0.05) is 59.6 Å². The third-order valence-corrected chi connectivity index (χ3v) is 4.43. The highest BCUT2D eigenvalue weighted by Gasteiger charge is 2.17. The van der Waals surface area contributed by atoms with Crippen molar-refractivity contribution in [2.24, 2.45) is 0 Å². The van der Waals surface area contributed by atoms with E-state index in [0.29, 0.717) is 10.8 Å². The number of para-hydroxylation sites is 1. The molecule has 0 saturated heterocycles. The summed E-state index contributed by atoms with van der Waals surface area (Å²) in [5, 5.41) is 5.23. The number of aromatic nitrogens is 3. The van der Waals surface area contributed by atoms with Crippen molar-refractivity contribution in [3.63, 3.8) is 0 Å². The summed E-state index contributed by atoms with van der Waals surface area (Å²) in [6.45, 7) is 2.03. The van der Waals surface area contributed by atoms with Crippen LogP contribution < -0.4 is 5.69 Å². The van der Waals surface area contributed by atoms with Crippen LogP contribution in [0.3, 0.4) is 0 Å². The first-order valence-electron chi connectivity index (χ1n) is 8.24. The van der Waals surface area contributed by atoms with Crippen molar-refractivity contribution < 1.29 is 0 Å². The molecule has 4 rings (SSSR count). The van der Waals surface area contributed by atoms with Crippen LogP contribution in [0.2, 0.25) is 5.02 Å². The molecule has 0 spiro atoms. The predicted molar refractivity (Wildman–Crippen MR) is 104 cm³/mol. The van der Waals surface area contributed by atoms with Crippen LogP contribution in [0.25, 0.3) is 22.8 Å². The molecule has 26 heavy (non-hydrogen) atoms. The van der Waals surface area contributed by atoms with Gasteiger partial charge in [-0.3, -0.25) is 0 Å². The fraction of sp³-hybridized carbons (Fsp3) is 0.0476. The van der Waals surface area contributed by atoms with E-state index in [0.717, 1.165) is 22.5 Å². The molecule has 0 amide bonds. The quantitative estimate of drug-likeness (QED) is 0.532. The average molecular weight is 362 g/mol. The summed E-state index contributed by atoms with van der Waals surface area (Å²) in [5.41, 5.74) is 3.23. The highest BCUT2D eigenvalue weighted by Crippen LogP contribution is 2.22. The zero-order chi connectivity index (χ0) is 18.1. The van der Waals surface area contributed by atoms with Gasteiger partial charge in [0.05, 0.1) is 11.4 Å². The predicted octanol–water partition coefficient (Wildman–Crippen LogP) is 4.65. The van der Waals surface area contributed by atoms with Crippen LogP contribution in [0.1, 0.15) is 5.56 Å². The molecule has 1 heterocycles. The molecule has 0 saturated carbocycles. The molecular weight excluding hydrogens is 346 g/mol. The Hall–Kier alpha value is -3.11. The SMILES string of the molecule is Cc1ccc(-c2nn(-c3ccccc3)c(=O)n2-c2ccc(Cl)cc2)cc1. The highest BCUT2D eigenvalue weighted by molar-refractivity contribution is 6.30. The number of hydrogen-bond acceptors (Lipinski definition) is 2. The van der Waals surface area contributed by atoms with E-state index in [1.165, 1.54) is 4.68 Å². The van der Waals surface area contributed by atoms with Crippen LogP contribution in [0, 0.1) is 6.92 Å². The fourth-order valence-electron chi connectivity index (χ4n) is 2.82. The topological polar surface area (TPSA) is 39.8 Å². The molecule has 0 aliphatic carbocycles. The number of halogens is 1. The van der Waals surface area contributed by atoms with E-state index in [1.54, 1.807) is 16.7 Å². The van der Waals surface area contributed by atoms with Crippen molar-refractivity contribution in [2.45, 2.75) is 6.92 Å². The Kier molecular flexibility index (Phi) is 4.19. The molecule has 0 bridgehead atoms. The first-order chi connectivity index (χ1) is 12.6. The lowest BCUT2D eigenvalue weighted by Crippen LogP contribution is -2.22. The molecule has 0 fully saturated rings. The van der Waals surface area contributed by atoms with E-state index in [1.807, 2.05) is 73.7 Å². The van der Waals surface area contributed by atoms with Crippen molar-refractivity contribution in [3.8, 4) is 22.8 Å². The van der Waals surface area contributed by atoms with Crippen LogP contribution in [0.15, 0.2) is 83.7 Å². The van der Waals surface area contributed by atoms with E-state index >= 15 is 0 Å². The second-order valence-electron chi connectivity index (χ2n) is 6.03. The Morgan fingerprint density at radius 2 is 1.46 bits per heavy atom. The van der Waals surface area contributed by atoms with Gasteiger partial charge in [-0.05, 0) is 43.3 Å². The number of benzene rings is 3. The van der Waals surface area contributed by atoms with E-state index in [4.69, 9.17) is 11.6 Å². The van der Waals surface area contributed by atoms with Gasteiger partial charge in [0.1, 0.15) is 0 Å². The maximum absolute atomic E-state index is 13.1. The third kappa shape index (κ3) is 2.95. The van der Waals surface area contributed by atoms with Gasteiger partial charge in [-0.25, -0.2) is 9.36 Å². The summed E-state index contributed by atoms with van der Waals surface area (Å²) in [5.74, 6) is 0.584. The first-order valence-corrected chi connectivity index (χ1v) is 8.62. The summed E-state index contributed by atoms with van der Waals surface area (Å²) < 4.78 is 3.03. The fourth-order valence-corrected chi connectivity index (χ4v) is 2.94. The monoisotopic (exact) mass is 361 g/mol. The molecule has 4 nitrogen and oxygen atoms in total. The van der Waals surface area contributed by atoms with Gasteiger partial charge in [-0.2, -0.15) is 4.68 Å². The van der Waals surface area contributed by atoms with Crippen molar-refractivity contribution in [3.05, 3.63) is 99.9 Å².